The van der Waals surface area contributed by atoms with Gasteiger partial charge in [0, 0.05) is 5.02 Å². The van der Waals surface area contributed by atoms with Crippen LogP contribution in [-0.2, 0) is 10.0 Å². The second kappa shape index (κ2) is 3.82. The summed E-state index contributed by atoms with van der Waals surface area (Å²) in [5.74, 6) is -0.0753. The van der Waals surface area contributed by atoms with E-state index in [4.69, 9.17) is 11.6 Å². The molecule has 1 aromatic rings. The molecular formula is C10H12ClNO3S. The minimum atomic E-state index is -3.36. The zero-order valence-corrected chi connectivity index (χ0v) is 10.3. The Bertz CT molecular complexity index is 523. The van der Waals surface area contributed by atoms with Gasteiger partial charge in [0.2, 0.25) is 10.0 Å². The van der Waals surface area contributed by atoms with Gasteiger partial charge < -0.3 is 5.11 Å². The van der Waals surface area contributed by atoms with Crippen molar-refractivity contribution in [3.8, 4) is 5.75 Å². The van der Waals surface area contributed by atoms with Crippen LogP contribution in [0.3, 0.4) is 0 Å². The third kappa shape index (κ3) is 2.25. The second-order valence-corrected chi connectivity index (χ2v) is 6.36. The van der Waals surface area contributed by atoms with Crippen molar-refractivity contribution in [2.24, 2.45) is 0 Å². The molecule has 16 heavy (non-hydrogen) atoms. The summed E-state index contributed by atoms with van der Waals surface area (Å²) in [5.41, 5.74) is 0.692. The van der Waals surface area contributed by atoms with E-state index in [1.807, 2.05) is 0 Å². The smallest absolute Gasteiger partial charge is 0.235 e. The molecule has 1 saturated carbocycles. The van der Waals surface area contributed by atoms with Crippen LogP contribution in [0, 0.1) is 6.92 Å². The van der Waals surface area contributed by atoms with Gasteiger partial charge in [-0.15, -0.1) is 0 Å². The van der Waals surface area contributed by atoms with Crippen LogP contribution >= 0.6 is 11.6 Å². The Morgan fingerprint density at radius 1 is 1.44 bits per heavy atom. The average molecular weight is 262 g/mol. The number of aromatic hydroxyl groups is 1. The highest BCUT2D eigenvalue weighted by molar-refractivity contribution is 7.93. The normalized spacial score (nSPS) is 16.1. The maximum absolute atomic E-state index is 11.7. The van der Waals surface area contributed by atoms with Gasteiger partial charge in [0.25, 0.3) is 0 Å². The number of hydrogen-bond donors (Lipinski definition) is 2. The van der Waals surface area contributed by atoms with Gasteiger partial charge in [0.1, 0.15) is 5.75 Å². The molecule has 0 amide bonds. The molecule has 0 saturated heterocycles. The third-order valence-electron chi connectivity index (χ3n) is 2.48. The first-order chi connectivity index (χ1) is 7.40. The predicted molar refractivity (Wildman–Crippen MR) is 63.4 cm³/mol. The first-order valence-corrected chi connectivity index (χ1v) is 6.83. The third-order valence-corrected chi connectivity index (χ3v) is 4.55. The summed E-state index contributed by atoms with van der Waals surface area (Å²) in [6.45, 7) is 1.66. The Morgan fingerprint density at radius 3 is 2.62 bits per heavy atom. The van der Waals surface area contributed by atoms with E-state index < -0.39 is 10.0 Å². The molecule has 1 fully saturated rings. The Labute approximate surface area is 99.3 Å². The molecule has 0 atom stereocenters. The molecule has 1 aliphatic rings. The lowest BCUT2D eigenvalue weighted by Crippen LogP contribution is -2.17. The number of halogens is 1. The lowest BCUT2D eigenvalue weighted by molar-refractivity contribution is 0.473. The summed E-state index contributed by atoms with van der Waals surface area (Å²) in [6.07, 6.45) is 1.35. The Morgan fingerprint density at radius 2 is 2.06 bits per heavy atom. The van der Waals surface area contributed by atoms with Gasteiger partial charge in [-0.1, -0.05) is 11.6 Å². The summed E-state index contributed by atoms with van der Waals surface area (Å²) in [4.78, 5) is 0. The molecule has 0 bridgehead atoms. The van der Waals surface area contributed by atoms with Crippen molar-refractivity contribution in [1.82, 2.24) is 0 Å². The summed E-state index contributed by atoms with van der Waals surface area (Å²) in [6, 6.07) is 2.98. The lowest BCUT2D eigenvalue weighted by Gasteiger charge is -2.10. The molecule has 2 N–H and O–H groups in total. The van der Waals surface area contributed by atoms with E-state index in [1.165, 1.54) is 6.07 Å². The van der Waals surface area contributed by atoms with Crippen molar-refractivity contribution < 1.29 is 13.5 Å². The Hall–Kier alpha value is -0.940. The van der Waals surface area contributed by atoms with E-state index in [-0.39, 0.29) is 16.7 Å². The molecule has 2 rings (SSSR count). The van der Waals surface area contributed by atoms with Crippen LogP contribution in [0.15, 0.2) is 12.1 Å². The number of phenols is 1. The minimum Gasteiger partial charge on any atom is -0.505 e. The van der Waals surface area contributed by atoms with E-state index >= 15 is 0 Å². The molecule has 0 heterocycles. The van der Waals surface area contributed by atoms with Crippen LogP contribution in [0.25, 0.3) is 0 Å². The lowest BCUT2D eigenvalue weighted by atomic mass is 10.2. The molecule has 0 aliphatic heterocycles. The molecule has 88 valence electrons. The quantitative estimate of drug-likeness (QED) is 0.820. The largest absolute Gasteiger partial charge is 0.505 e. The van der Waals surface area contributed by atoms with Crippen molar-refractivity contribution in [3.05, 3.63) is 22.7 Å². The van der Waals surface area contributed by atoms with Crippen molar-refractivity contribution in [3.63, 3.8) is 0 Å². The van der Waals surface area contributed by atoms with Crippen LogP contribution in [-0.4, -0.2) is 18.8 Å². The topological polar surface area (TPSA) is 66.4 Å². The average Bonchev–Trinajstić information content (AvgIpc) is 2.95. The van der Waals surface area contributed by atoms with Crippen LogP contribution in [0.1, 0.15) is 18.4 Å². The van der Waals surface area contributed by atoms with Gasteiger partial charge in [-0.2, -0.15) is 0 Å². The van der Waals surface area contributed by atoms with Crippen LogP contribution in [0.2, 0.25) is 5.02 Å². The molecule has 1 aromatic carbocycles. The van der Waals surface area contributed by atoms with E-state index in [2.05, 4.69) is 4.72 Å². The maximum atomic E-state index is 11.7. The zero-order chi connectivity index (χ0) is 11.9. The fraction of sp³-hybridized carbons (Fsp3) is 0.400. The SMILES string of the molecule is Cc1cc(Cl)cc(NS(=O)(=O)C2CC2)c1O. The number of hydrogen-bond acceptors (Lipinski definition) is 3. The number of benzene rings is 1. The van der Waals surface area contributed by atoms with E-state index in [0.717, 1.165) is 0 Å². The molecule has 6 heteroatoms. The van der Waals surface area contributed by atoms with E-state index in [0.29, 0.717) is 23.4 Å². The Balaban J connectivity index is 2.34. The maximum Gasteiger partial charge on any atom is 0.235 e. The van der Waals surface area contributed by atoms with Gasteiger partial charge in [0.15, 0.2) is 0 Å². The zero-order valence-electron chi connectivity index (χ0n) is 8.70. The van der Waals surface area contributed by atoms with Crippen molar-refractivity contribution in [2.45, 2.75) is 25.0 Å². The van der Waals surface area contributed by atoms with Gasteiger partial charge in [-0.3, -0.25) is 4.72 Å². The van der Waals surface area contributed by atoms with E-state index in [1.54, 1.807) is 13.0 Å². The van der Waals surface area contributed by atoms with E-state index in [9.17, 15) is 13.5 Å². The number of phenolic OH excluding ortho intramolecular Hbond substituents is 1. The number of aryl methyl sites for hydroxylation is 1. The highest BCUT2D eigenvalue weighted by atomic mass is 35.5. The van der Waals surface area contributed by atoms with Gasteiger partial charge in [-0.25, -0.2) is 8.42 Å². The molecule has 1 aliphatic carbocycles. The summed E-state index contributed by atoms with van der Waals surface area (Å²) in [5, 5.41) is 9.77. The summed E-state index contributed by atoms with van der Waals surface area (Å²) >= 11 is 5.80. The fourth-order valence-electron chi connectivity index (χ4n) is 1.43. The number of sulfonamides is 1. The van der Waals surface area contributed by atoms with Crippen LogP contribution in [0.4, 0.5) is 5.69 Å². The van der Waals surface area contributed by atoms with Crippen LogP contribution < -0.4 is 4.72 Å². The predicted octanol–water partition coefficient (Wildman–Crippen LogP) is 2.26. The van der Waals surface area contributed by atoms with Crippen molar-refractivity contribution in [1.29, 1.82) is 0 Å². The summed E-state index contributed by atoms with van der Waals surface area (Å²) in [7, 11) is -3.36. The fourth-order valence-corrected chi connectivity index (χ4v) is 3.09. The summed E-state index contributed by atoms with van der Waals surface area (Å²) < 4.78 is 25.7. The van der Waals surface area contributed by atoms with Crippen LogP contribution in [0.5, 0.6) is 5.75 Å². The first kappa shape index (κ1) is 11.5. The molecular weight excluding hydrogens is 250 g/mol. The number of anilines is 1. The molecule has 4 nitrogen and oxygen atoms in total. The number of rotatable bonds is 3. The van der Waals surface area contributed by atoms with Crippen molar-refractivity contribution in [2.75, 3.05) is 4.72 Å². The monoisotopic (exact) mass is 261 g/mol. The number of nitrogens with one attached hydrogen (secondary N) is 1. The molecule has 0 spiro atoms. The molecule has 0 unspecified atom stereocenters. The van der Waals surface area contributed by atoms with Crippen molar-refractivity contribution >= 4 is 27.3 Å². The van der Waals surface area contributed by atoms with Gasteiger partial charge in [-0.05, 0) is 37.5 Å². The van der Waals surface area contributed by atoms with Gasteiger partial charge >= 0.3 is 0 Å². The highest BCUT2D eigenvalue weighted by Crippen LogP contribution is 2.35. The first-order valence-electron chi connectivity index (χ1n) is 4.91. The highest BCUT2D eigenvalue weighted by Gasteiger charge is 2.36. The molecule has 0 aromatic heterocycles. The minimum absolute atomic E-state index is 0.0753. The second-order valence-electron chi connectivity index (χ2n) is 3.97. The molecule has 0 radical (unpaired) electrons. The Kier molecular flexibility index (Phi) is 2.75. The standard InChI is InChI=1S/C10H12ClNO3S/c1-6-4-7(11)5-9(10(6)13)12-16(14,15)8-2-3-8/h4-5,8,12-13H,2-3H2,1H3. The van der Waals surface area contributed by atoms with Gasteiger partial charge in [0.05, 0.1) is 10.9 Å².